The zero-order valence-electron chi connectivity index (χ0n) is 11.9. The molecule has 0 atom stereocenters. The third kappa shape index (κ3) is 3.15. The van der Waals surface area contributed by atoms with Crippen molar-refractivity contribution >= 4 is 22.9 Å². The lowest BCUT2D eigenvalue weighted by molar-refractivity contribution is -0.105. The molecule has 0 radical (unpaired) electrons. The van der Waals surface area contributed by atoms with E-state index in [2.05, 4.69) is 0 Å². The van der Waals surface area contributed by atoms with Crippen molar-refractivity contribution in [2.75, 3.05) is 6.61 Å². The van der Waals surface area contributed by atoms with Crippen molar-refractivity contribution in [1.82, 2.24) is 0 Å². The fourth-order valence-corrected chi connectivity index (χ4v) is 2.59. The van der Waals surface area contributed by atoms with Crippen LogP contribution in [0, 0.1) is 0 Å². The minimum Gasteiger partial charge on any atom is -0.492 e. The summed E-state index contributed by atoms with van der Waals surface area (Å²) in [5, 5.41) is 0.456. The molecule has 2 aromatic carbocycles. The second kappa shape index (κ2) is 6.67. The van der Waals surface area contributed by atoms with Gasteiger partial charge in [0.2, 0.25) is 0 Å². The maximum Gasteiger partial charge on any atom is 0.147 e. The van der Waals surface area contributed by atoms with Crippen molar-refractivity contribution in [2.45, 2.75) is 13.0 Å². The Morgan fingerprint density at radius 3 is 2.77 bits per heavy atom. The Balaban J connectivity index is 1.81. The number of rotatable bonds is 4. The Kier molecular flexibility index (Phi) is 4.45. The molecule has 112 valence electrons. The van der Waals surface area contributed by atoms with Gasteiger partial charge in [-0.3, -0.25) is 4.79 Å². The number of hydrogen-bond acceptors (Lipinski definition) is 3. The average Bonchev–Trinajstić information content (AvgIpc) is 2.72. The van der Waals surface area contributed by atoms with E-state index < -0.39 is 0 Å². The molecule has 0 aromatic heterocycles. The van der Waals surface area contributed by atoms with Crippen LogP contribution in [0.2, 0.25) is 0 Å². The fourth-order valence-electron chi connectivity index (χ4n) is 2.30. The van der Waals surface area contributed by atoms with E-state index in [4.69, 9.17) is 21.1 Å². The third-order valence-corrected chi connectivity index (χ3v) is 3.94. The van der Waals surface area contributed by atoms with Gasteiger partial charge in [0.15, 0.2) is 0 Å². The Morgan fingerprint density at radius 1 is 1.18 bits per heavy atom. The van der Waals surface area contributed by atoms with Crippen LogP contribution in [-0.2, 0) is 11.4 Å². The Labute approximate surface area is 134 Å². The topological polar surface area (TPSA) is 35.5 Å². The molecular weight excluding hydrogens is 300 g/mol. The van der Waals surface area contributed by atoms with Gasteiger partial charge in [-0.2, -0.15) is 0 Å². The Bertz CT molecular complexity index is 708. The summed E-state index contributed by atoms with van der Waals surface area (Å²) in [4.78, 5) is 11.0. The van der Waals surface area contributed by atoms with Crippen molar-refractivity contribution in [1.29, 1.82) is 0 Å². The number of carbonyl (C=O) groups excluding carboxylic acids is 1. The van der Waals surface area contributed by atoms with Gasteiger partial charge in [-0.25, -0.2) is 0 Å². The van der Waals surface area contributed by atoms with Crippen LogP contribution in [0.25, 0.3) is 5.03 Å². The van der Waals surface area contributed by atoms with Gasteiger partial charge in [-0.05, 0) is 17.7 Å². The molecule has 3 rings (SSSR count). The standard InChI is InChI=1S/C18H15ClO3/c19-18-14(11-20)8-9-21-17-10-15(6-7-16(17)18)22-12-13-4-2-1-3-5-13/h1-7,10-11H,8-9,12H2. The van der Waals surface area contributed by atoms with E-state index in [0.717, 1.165) is 17.4 Å². The molecule has 0 amide bonds. The molecule has 1 aliphatic heterocycles. The molecule has 1 heterocycles. The summed E-state index contributed by atoms with van der Waals surface area (Å²) < 4.78 is 11.5. The first-order valence-electron chi connectivity index (χ1n) is 7.05. The molecule has 0 aliphatic carbocycles. The van der Waals surface area contributed by atoms with E-state index in [1.54, 1.807) is 0 Å². The van der Waals surface area contributed by atoms with Gasteiger partial charge in [0, 0.05) is 23.6 Å². The van der Waals surface area contributed by atoms with E-state index >= 15 is 0 Å². The van der Waals surface area contributed by atoms with Crippen LogP contribution in [0.4, 0.5) is 0 Å². The SMILES string of the molecule is O=CC1=C(Cl)c2ccc(OCc3ccccc3)cc2OCC1. The summed E-state index contributed by atoms with van der Waals surface area (Å²) in [6, 6.07) is 15.4. The fraction of sp³-hybridized carbons (Fsp3) is 0.167. The summed E-state index contributed by atoms with van der Waals surface area (Å²) in [6.45, 7) is 0.919. The van der Waals surface area contributed by atoms with E-state index in [1.165, 1.54) is 0 Å². The van der Waals surface area contributed by atoms with Crippen LogP contribution in [0.1, 0.15) is 17.5 Å². The van der Waals surface area contributed by atoms with Gasteiger partial charge in [-0.15, -0.1) is 0 Å². The largest absolute Gasteiger partial charge is 0.492 e. The first-order chi connectivity index (χ1) is 10.8. The number of carbonyl (C=O) groups is 1. The molecule has 0 spiro atoms. The first-order valence-corrected chi connectivity index (χ1v) is 7.43. The second-order valence-corrected chi connectivity index (χ2v) is 5.37. The van der Waals surface area contributed by atoms with Crippen molar-refractivity contribution in [3.05, 3.63) is 65.2 Å². The van der Waals surface area contributed by atoms with Crippen molar-refractivity contribution in [3.63, 3.8) is 0 Å². The number of ether oxygens (including phenoxy) is 2. The van der Waals surface area contributed by atoms with Crippen LogP contribution < -0.4 is 9.47 Å². The maximum atomic E-state index is 11.0. The third-order valence-electron chi connectivity index (χ3n) is 3.49. The summed E-state index contributed by atoms with van der Waals surface area (Å²) in [6.07, 6.45) is 1.30. The number of aldehydes is 1. The summed E-state index contributed by atoms with van der Waals surface area (Å²) >= 11 is 6.27. The minimum atomic E-state index is 0.430. The highest BCUT2D eigenvalue weighted by molar-refractivity contribution is 6.50. The van der Waals surface area contributed by atoms with Gasteiger partial charge in [0.25, 0.3) is 0 Å². The van der Waals surface area contributed by atoms with Crippen LogP contribution in [0.15, 0.2) is 54.1 Å². The normalized spacial score (nSPS) is 13.9. The molecule has 0 saturated carbocycles. The monoisotopic (exact) mass is 314 g/mol. The maximum absolute atomic E-state index is 11.0. The molecule has 2 aromatic rings. The molecule has 0 unspecified atom stereocenters. The number of fused-ring (bicyclic) bond motifs is 1. The van der Waals surface area contributed by atoms with Crippen LogP contribution >= 0.6 is 11.6 Å². The Hall–Kier alpha value is -2.26. The summed E-state index contributed by atoms with van der Waals surface area (Å²) in [7, 11) is 0. The molecule has 22 heavy (non-hydrogen) atoms. The molecule has 1 aliphatic rings. The lowest BCUT2D eigenvalue weighted by Gasteiger charge is -2.11. The molecule has 0 fully saturated rings. The smallest absolute Gasteiger partial charge is 0.147 e. The number of benzene rings is 2. The van der Waals surface area contributed by atoms with Gasteiger partial charge in [0.1, 0.15) is 24.4 Å². The zero-order chi connectivity index (χ0) is 15.4. The van der Waals surface area contributed by atoms with Gasteiger partial charge in [-0.1, -0.05) is 41.9 Å². The predicted molar refractivity (Wildman–Crippen MR) is 86.2 cm³/mol. The highest BCUT2D eigenvalue weighted by Crippen LogP contribution is 2.37. The quantitative estimate of drug-likeness (QED) is 0.794. The van der Waals surface area contributed by atoms with Crippen molar-refractivity contribution in [3.8, 4) is 11.5 Å². The first kappa shape index (κ1) is 14.7. The summed E-state index contributed by atoms with van der Waals surface area (Å²) in [5.41, 5.74) is 2.39. The highest BCUT2D eigenvalue weighted by atomic mass is 35.5. The summed E-state index contributed by atoms with van der Waals surface area (Å²) in [5.74, 6) is 1.36. The van der Waals surface area contributed by atoms with Crippen molar-refractivity contribution < 1.29 is 14.3 Å². The van der Waals surface area contributed by atoms with Crippen LogP contribution in [-0.4, -0.2) is 12.9 Å². The van der Waals surface area contributed by atoms with E-state index in [0.29, 0.717) is 41.7 Å². The van der Waals surface area contributed by atoms with Gasteiger partial charge in [0.05, 0.1) is 11.6 Å². The molecule has 0 bridgehead atoms. The zero-order valence-corrected chi connectivity index (χ0v) is 12.7. The van der Waals surface area contributed by atoms with E-state index in [9.17, 15) is 4.79 Å². The van der Waals surface area contributed by atoms with E-state index in [1.807, 2.05) is 48.5 Å². The van der Waals surface area contributed by atoms with Crippen LogP contribution in [0.5, 0.6) is 11.5 Å². The number of hydrogen-bond donors (Lipinski definition) is 0. The molecule has 0 N–H and O–H groups in total. The molecular formula is C18H15ClO3. The molecule has 0 saturated heterocycles. The van der Waals surface area contributed by atoms with E-state index in [-0.39, 0.29) is 0 Å². The predicted octanol–water partition coefficient (Wildman–Crippen LogP) is 4.20. The second-order valence-electron chi connectivity index (χ2n) is 4.99. The lowest BCUT2D eigenvalue weighted by Crippen LogP contribution is -1.99. The Morgan fingerprint density at radius 2 is 2.00 bits per heavy atom. The minimum absolute atomic E-state index is 0.430. The van der Waals surface area contributed by atoms with Gasteiger partial charge < -0.3 is 9.47 Å². The average molecular weight is 315 g/mol. The van der Waals surface area contributed by atoms with Gasteiger partial charge >= 0.3 is 0 Å². The highest BCUT2D eigenvalue weighted by Gasteiger charge is 2.17. The van der Waals surface area contributed by atoms with Crippen LogP contribution in [0.3, 0.4) is 0 Å². The lowest BCUT2D eigenvalue weighted by atomic mass is 10.1. The number of halogens is 1. The molecule has 3 nitrogen and oxygen atoms in total. The molecule has 4 heteroatoms. The van der Waals surface area contributed by atoms with Crippen molar-refractivity contribution in [2.24, 2.45) is 0 Å².